The molecular weight excluding hydrogens is 252 g/mol. The van der Waals surface area contributed by atoms with E-state index in [4.69, 9.17) is 17.3 Å². The highest BCUT2D eigenvalue weighted by Gasteiger charge is 2.31. The second-order valence-electron chi connectivity index (χ2n) is 5.10. The summed E-state index contributed by atoms with van der Waals surface area (Å²) in [6, 6.07) is 4.81. The average Bonchev–Trinajstić information content (AvgIpc) is 2.25. The van der Waals surface area contributed by atoms with Crippen LogP contribution in [0.3, 0.4) is 0 Å². The number of nitrogen functional groups attached to an aromatic ring is 1. The molecule has 0 aliphatic carbocycles. The van der Waals surface area contributed by atoms with Crippen LogP contribution in [0.2, 0.25) is 5.02 Å². The molecule has 1 aromatic carbocycles. The maximum Gasteiger partial charge on any atom is 0.254 e. The van der Waals surface area contributed by atoms with Crippen LogP contribution in [0, 0.1) is 0 Å². The lowest BCUT2D eigenvalue weighted by Gasteiger charge is -2.36. The fourth-order valence-electron chi connectivity index (χ4n) is 2.31. The molecule has 1 amide bonds. The van der Waals surface area contributed by atoms with Gasteiger partial charge in [0.15, 0.2) is 0 Å². The number of halogens is 1. The van der Waals surface area contributed by atoms with E-state index in [0.717, 1.165) is 6.42 Å². The Balaban J connectivity index is 2.20. The molecule has 1 fully saturated rings. The van der Waals surface area contributed by atoms with E-state index in [-0.39, 0.29) is 5.91 Å². The summed E-state index contributed by atoms with van der Waals surface area (Å²) in [6.07, 6.45) is 1.52. The lowest BCUT2D eigenvalue weighted by molar-refractivity contribution is -0.0107. The van der Waals surface area contributed by atoms with Gasteiger partial charge in [-0.1, -0.05) is 11.6 Å². The van der Waals surface area contributed by atoms with Crippen molar-refractivity contribution in [3.63, 3.8) is 0 Å². The molecule has 1 unspecified atom stereocenters. The van der Waals surface area contributed by atoms with Gasteiger partial charge in [0.25, 0.3) is 5.91 Å². The number of aliphatic hydroxyl groups is 1. The molecule has 5 heteroatoms. The number of anilines is 1. The third kappa shape index (κ3) is 2.94. The van der Waals surface area contributed by atoms with Crippen molar-refractivity contribution in [1.29, 1.82) is 0 Å². The molecule has 1 saturated heterocycles. The molecule has 3 N–H and O–H groups in total. The third-order valence-corrected chi connectivity index (χ3v) is 3.35. The van der Waals surface area contributed by atoms with E-state index in [9.17, 15) is 9.90 Å². The van der Waals surface area contributed by atoms with Gasteiger partial charge in [0.1, 0.15) is 0 Å². The first-order valence-corrected chi connectivity index (χ1v) is 6.33. The van der Waals surface area contributed by atoms with E-state index in [0.29, 0.717) is 35.8 Å². The largest absolute Gasteiger partial charge is 0.399 e. The van der Waals surface area contributed by atoms with Crippen LogP contribution in [0.4, 0.5) is 5.69 Å². The van der Waals surface area contributed by atoms with Crippen molar-refractivity contribution in [2.24, 2.45) is 0 Å². The zero-order chi connectivity index (χ0) is 13.3. The van der Waals surface area contributed by atoms with E-state index in [2.05, 4.69) is 0 Å². The minimum Gasteiger partial charge on any atom is -0.399 e. The summed E-state index contributed by atoms with van der Waals surface area (Å²) in [5.41, 5.74) is 5.81. The average molecular weight is 269 g/mol. The molecule has 1 aliphatic heterocycles. The predicted molar refractivity (Wildman–Crippen MR) is 71.6 cm³/mol. The van der Waals surface area contributed by atoms with E-state index in [1.165, 1.54) is 0 Å². The van der Waals surface area contributed by atoms with Crippen molar-refractivity contribution >= 4 is 23.2 Å². The van der Waals surface area contributed by atoms with Crippen LogP contribution in [0.5, 0.6) is 0 Å². The number of amides is 1. The first-order chi connectivity index (χ1) is 8.37. The van der Waals surface area contributed by atoms with E-state index in [1.54, 1.807) is 30.0 Å². The van der Waals surface area contributed by atoms with Gasteiger partial charge in [0.05, 0.1) is 5.60 Å². The number of nitrogens with zero attached hydrogens (tertiary/aromatic N) is 1. The number of carbonyl (C=O) groups is 1. The third-order valence-electron chi connectivity index (χ3n) is 3.13. The van der Waals surface area contributed by atoms with Gasteiger partial charge < -0.3 is 15.7 Å². The van der Waals surface area contributed by atoms with Crippen LogP contribution in [0.15, 0.2) is 18.2 Å². The van der Waals surface area contributed by atoms with Gasteiger partial charge in [-0.15, -0.1) is 0 Å². The van der Waals surface area contributed by atoms with E-state index >= 15 is 0 Å². The molecule has 1 aromatic rings. The number of rotatable bonds is 1. The second-order valence-corrected chi connectivity index (χ2v) is 5.54. The molecule has 18 heavy (non-hydrogen) atoms. The van der Waals surface area contributed by atoms with Crippen molar-refractivity contribution < 1.29 is 9.90 Å². The van der Waals surface area contributed by atoms with Crippen molar-refractivity contribution in [1.82, 2.24) is 4.90 Å². The van der Waals surface area contributed by atoms with E-state index in [1.807, 2.05) is 0 Å². The summed E-state index contributed by atoms with van der Waals surface area (Å²) in [4.78, 5) is 13.9. The van der Waals surface area contributed by atoms with Gasteiger partial charge in [-0.3, -0.25) is 4.79 Å². The lowest BCUT2D eigenvalue weighted by atomic mass is 9.94. The van der Waals surface area contributed by atoms with Crippen LogP contribution in [-0.2, 0) is 0 Å². The van der Waals surface area contributed by atoms with Crippen molar-refractivity contribution in [2.75, 3.05) is 18.8 Å². The number of likely N-dealkylation sites (tertiary alicyclic amines) is 1. The van der Waals surface area contributed by atoms with Crippen LogP contribution < -0.4 is 5.73 Å². The number of nitrogens with two attached hydrogens (primary N) is 1. The monoisotopic (exact) mass is 268 g/mol. The number of piperidine rings is 1. The highest BCUT2D eigenvalue weighted by Crippen LogP contribution is 2.23. The number of hydrogen-bond donors (Lipinski definition) is 2. The van der Waals surface area contributed by atoms with Gasteiger partial charge in [-0.25, -0.2) is 0 Å². The van der Waals surface area contributed by atoms with E-state index < -0.39 is 5.60 Å². The first-order valence-electron chi connectivity index (χ1n) is 5.95. The minimum atomic E-state index is -0.808. The van der Waals surface area contributed by atoms with Crippen LogP contribution in [-0.4, -0.2) is 34.6 Å². The maximum atomic E-state index is 12.3. The summed E-state index contributed by atoms with van der Waals surface area (Å²) >= 11 is 5.89. The summed E-state index contributed by atoms with van der Waals surface area (Å²) in [6.45, 7) is 2.75. The molecule has 0 radical (unpaired) electrons. The molecule has 1 atom stereocenters. The molecule has 98 valence electrons. The highest BCUT2D eigenvalue weighted by molar-refractivity contribution is 6.31. The smallest absolute Gasteiger partial charge is 0.254 e. The Labute approximate surface area is 111 Å². The minimum absolute atomic E-state index is 0.135. The van der Waals surface area contributed by atoms with Gasteiger partial charge >= 0.3 is 0 Å². The molecule has 0 bridgehead atoms. The van der Waals surface area contributed by atoms with Gasteiger partial charge in [-0.2, -0.15) is 0 Å². The Morgan fingerprint density at radius 2 is 2.22 bits per heavy atom. The zero-order valence-electron chi connectivity index (χ0n) is 10.3. The van der Waals surface area contributed by atoms with Crippen molar-refractivity contribution in [2.45, 2.75) is 25.4 Å². The number of hydrogen-bond acceptors (Lipinski definition) is 3. The van der Waals surface area contributed by atoms with Crippen LogP contribution in [0.1, 0.15) is 30.1 Å². The van der Waals surface area contributed by atoms with Crippen LogP contribution in [0.25, 0.3) is 0 Å². The zero-order valence-corrected chi connectivity index (χ0v) is 11.1. The summed E-state index contributed by atoms with van der Waals surface area (Å²) < 4.78 is 0. The number of benzene rings is 1. The number of carbonyl (C=O) groups excluding carboxylic acids is 1. The summed E-state index contributed by atoms with van der Waals surface area (Å²) in [7, 11) is 0. The maximum absolute atomic E-state index is 12.3. The topological polar surface area (TPSA) is 66.6 Å². The first kappa shape index (κ1) is 13.2. The Bertz CT molecular complexity index is 454. The van der Waals surface area contributed by atoms with Crippen molar-refractivity contribution in [3.05, 3.63) is 28.8 Å². The predicted octanol–water partition coefficient (Wildman–Crippen LogP) is 1.91. The number of β-amino-alcohol motifs (C(OH)–C–C–N with tert-alkyl or cyclic N) is 1. The molecule has 1 heterocycles. The van der Waals surface area contributed by atoms with Crippen LogP contribution >= 0.6 is 11.6 Å². The standard InChI is InChI=1S/C13H17ClN2O2/c1-13(18)3-2-4-16(8-13)12(17)9-5-10(14)7-11(15)6-9/h5-7,18H,2-4,8,15H2,1H3. The fraction of sp³-hybridized carbons (Fsp3) is 0.462. The second kappa shape index (κ2) is 4.78. The Hall–Kier alpha value is -1.26. The molecule has 2 rings (SSSR count). The molecule has 0 spiro atoms. The molecule has 0 aromatic heterocycles. The Kier molecular flexibility index (Phi) is 3.50. The summed E-state index contributed by atoms with van der Waals surface area (Å²) in [5, 5.41) is 10.5. The van der Waals surface area contributed by atoms with Crippen molar-refractivity contribution in [3.8, 4) is 0 Å². The van der Waals surface area contributed by atoms with Gasteiger partial charge in [0.2, 0.25) is 0 Å². The molecule has 1 aliphatic rings. The lowest BCUT2D eigenvalue weighted by Crippen LogP contribution is -2.48. The van der Waals surface area contributed by atoms with Gasteiger partial charge in [0, 0.05) is 29.4 Å². The molecule has 4 nitrogen and oxygen atoms in total. The quantitative estimate of drug-likeness (QED) is 0.765. The summed E-state index contributed by atoms with van der Waals surface area (Å²) in [5.74, 6) is -0.135. The Morgan fingerprint density at radius 3 is 2.83 bits per heavy atom. The molecular formula is C13H17ClN2O2. The molecule has 0 saturated carbocycles. The van der Waals surface area contributed by atoms with Gasteiger partial charge in [-0.05, 0) is 38.0 Å². The fourth-order valence-corrected chi connectivity index (χ4v) is 2.56. The SMILES string of the molecule is CC1(O)CCCN(C(=O)c2cc(N)cc(Cl)c2)C1. The highest BCUT2D eigenvalue weighted by atomic mass is 35.5. The Morgan fingerprint density at radius 1 is 1.50 bits per heavy atom. The normalized spacial score (nSPS) is 24.1.